The topological polar surface area (TPSA) is 80.5 Å². The van der Waals surface area contributed by atoms with Crippen molar-refractivity contribution in [2.75, 3.05) is 5.73 Å². The zero-order chi connectivity index (χ0) is 15.7. The van der Waals surface area contributed by atoms with Gasteiger partial charge in [0.1, 0.15) is 0 Å². The number of aromatic nitrogens is 3. The van der Waals surface area contributed by atoms with E-state index in [0.29, 0.717) is 0 Å². The molecular weight excluding hydrogens is 286 g/mol. The minimum Gasteiger partial charge on any atom is -0.368 e. The van der Waals surface area contributed by atoms with Crippen LogP contribution in [0.15, 0.2) is 42.7 Å². The molecule has 0 radical (unpaired) electrons. The van der Waals surface area contributed by atoms with Gasteiger partial charge in [-0.25, -0.2) is 9.97 Å². The minimum atomic E-state index is -0.0646. The Morgan fingerprint density at radius 2 is 1.96 bits per heavy atom. The summed E-state index contributed by atoms with van der Waals surface area (Å²) in [4.78, 5) is 8.36. The van der Waals surface area contributed by atoms with Gasteiger partial charge in [-0.3, -0.25) is 0 Å². The minimum absolute atomic E-state index is 0.0646. The SMILES string of the molecule is N#CC12CC(n3cc(-c4ccnc(N)n4)c4ccccc43)(C1)C2. The Kier molecular flexibility index (Phi) is 2.15. The second-order valence-corrected chi connectivity index (χ2v) is 6.88. The predicted octanol–water partition coefficient (Wildman–Crippen LogP) is 3.08. The lowest BCUT2D eigenvalue weighted by Crippen LogP contribution is -2.66. The van der Waals surface area contributed by atoms with Gasteiger partial charge in [0, 0.05) is 34.4 Å². The molecule has 3 aliphatic rings. The predicted molar refractivity (Wildman–Crippen MR) is 87.2 cm³/mol. The largest absolute Gasteiger partial charge is 0.368 e. The first-order valence-corrected chi connectivity index (χ1v) is 7.76. The Balaban J connectivity index is 1.70. The average molecular weight is 301 g/mol. The van der Waals surface area contributed by atoms with E-state index in [0.717, 1.165) is 30.5 Å². The molecule has 2 N–H and O–H groups in total. The van der Waals surface area contributed by atoms with Crippen LogP contribution in [0.3, 0.4) is 0 Å². The summed E-state index contributed by atoms with van der Waals surface area (Å²) in [6.07, 6.45) is 6.74. The van der Waals surface area contributed by atoms with Crippen LogP contribution in [0.4, 0.5) is 5.95 Å². The molecule has 0 saturated heterocycles. The van der Waals surface area contributed by atoms with Crippen LogP contribution in [0.25, 0.3) is 22.2 Å². The van der Waals surface area contributed by atoms with E-state index >= 15 is 0 Å². The molecular formula is C18H15N5. The van der Waals surface area contributed by atoms with Gasteiger partial charge in [0.05, 0.1) is 17.2 Å². The number of fused-ring (bicyclic) bond motifs is 1. The highest BCUT2D eigenvalue weighted by molar-refractivity contribution is 5.95. The van der Waals surface area contributed by atoms with E-state index in [-0.39, 0.29) is 16.9 Å². The van der Waals surface area contributed by atoms with Crippen LogP contribution in [0, 0.1) is 16.7 Å². The number of para-hydroxylation sites is 1. The summed E-state index contributed by atoms with van der Waals surface area (Å²) < 4.78 is 2.36. The van der Waals surface area contributed by atoms with Crippen LogP contribution in [0.1, 0.15) is 19.3 Å². The average Bonchev–Trinajstić information content (AvgIpc) is 2.85. The van der Waals surface area contributed by atoms with Gasteiger partial charge in [-0.15, -0.1) is 0 Å². The summed E-state index contributed by atoms with van der Waals surface area (Å²) >= 11 is 0. The molecule has 0 spiro atoms. The van der Waals surface area contributed by atoms with Crippen molar-refractivity contribution in [2.24, 2.45) is 5.41 Å². The first-order valence-electron chi connectivity index (χ1n) is 7.76. The highest BCUT2D eigenvalue weighted by Crippen LogP contribution is 2.71. The molecule has 2 aromatic heterocycles. The third kappa shape index (κ3) is 1.50. The maximum Gasteiger partial charge on any atom is 0.220 e. The molecule has 1 aromatic carbocycles. The molecule has 23 heavy (non-hydrogen) atoms. The number of benzene rings is 1. The molecule has 3 aliphatic carbocycles. The second-order valence-electron chi connectivity index (χ2n) is 6.88. The van der Waals surface area contributed by atoms with Crippen LogP contribution in [0.2, 0.25) is 0 Å². The summed E-state index contributed by atoms with van der Waals surface area (Å²) in [7, 11) is 0. The summed E-state index contributed by atoms with van der Waals surface area (Å²) in [5.74, 6) is 0.285. The fourth-order valence-corrected chi connectivity index (χ4v) is 4.41. The fraction of sp³-hybridized carbons (Fsp3) is 0.278. The smallest absolute Gasteiger partial charge is 0.220 e. The van der Waals surface area contributed by atoms with Gasteiger partial charge in [0.2, 0.25) is 5.95 Å². The van der Waals surface area contributed by atoms with Crippen LogP contribution >= 0.6 is 0 Å². The molecule has 112 valence electrons. The number of anilines is 1. The molecule has 0 aliphatic heterocycles. The summed E-state index contributed by atoms with van der Waals surface area (Å²) in [5.41, 5.74) is 8.92. The van der Waals surface area contributed by atoms with Crippen molar-refractivity contribution in [1.82, 2.24) is 14.5 Å². The standard InChI is InChI=1S/C18H15N5/c19-11-17-8-18(9-17,10-17)23-7-13(12-3-1-2-4-15(12)23)14-5-6-21-16(20)22-14/h1-7H,8-10H2,(H2,20,21,22). The van der Waals surface area contributed by atoms with Gasteiger partial charge in [-0.05, 0) is 31.4 Å². The number of nitrogens with two attached hydrogens (primary N) is 1. The van der Waals surface area contributed by atoms with Crippen molar-refractivity contribution in [3.05, 3.63) is 42.7 Å². The number of nitriles is 1. The molecule has 0 unspecified atom stereocenters. The summed E-state index contributed by atoms with van der Waals surface area (Å²) in [5, 5.41) is 10.4. The van der Waals surface area contributed by atoms with Gasteiger partial charge in [-0.1, -0.05) is 18.2 Å². The van der Waals surface area contributed by atoms with Gasteiger partial charge >= 0.3 is 0 Å². The molecule has 3 fully saturated rings. The molecule has 0 atom stereocenters. The van der Waals surface area contributed by atoms with Crippen molar-refractivity contribution >= 4 is 16.9 Å². The first kappa shape index (κ1) is 12.7. The highest BCUT2D eigenvalue weighted by atomic mass is 15.1. The van der Waals surface area contributed by atoms with Gasteiger partial charge in [0.15, 0.2) is 0 Å². The molecule has 5 heteroatoms. The third-order valence-corrected chi connectivity index (χ3v) is 5.41. The molecule has 2 heterocycles. The van der Waals surface area contributed by atoms with Crippen LogP contribution in [0.5, 0.6) is 0 Å². The maximum absolute atomic E-state index is 9.28. The maximum atomic E-state index is 9.28. The quantitative estimate of drug-likeness (QED) is 0.788. The van der Waals surface area contributed by atoms with Crippen molar-refractivity contribution in [3.63, 3.8) is 0 Å². The Morgan fingerprint density at radius 3 is 2.70 bits per heavy atom. The van der Waals surface area contributed by atoms with Crippen molar-refractivity contribution in [2.45, 2.75) is 24.8 Å². The Morgan fingerprint density at radius 1 is 1.17 bits per heavy atom. The number of hydrogen-bond donors (Lipinski definition) is 1. The summed E-state index contributed by atoms with van der Waals surface area (Å²) in [6, 6.07) is 12.7. The lowest BCUT2D eigenvalue weighted by Gasteiger charge is -2.67. The highest BCUT2D eigenvalue weighted by Gasteiger charge is 2.69. The van der Waals surface area contributed by atoms with E-state index in [4.69, 9.17) is 5.73 Å². The number of hydrogen-bond acceptors (Lipinski definition) is 4. The molecule has 3 aromatic rings. The Hall–Kier alpha value is -2.87. The third-order valence-electron chi connectivity index (χ3n) is 5.41. The normalized spacial score (nSPS) is 28.0. The van der Waals surface area contributed by atoms with Crippen LogP contribution in [-0.2, 0) is 5.54 Å². The molecule has 0 amide bonds. The lowest BCUT2D eigenvalue weighted by atomic mass is 9.40. The van der Waals surface area contributed by atoms with E-state index < -0.39 is 0 Å². The van der Waals surface area contributed by atoms with Crippen molar-refractivity contribution < 1.29 is 0 Å². The van der Waals surface area contributed by atoms with E-state index in [1.165, 1.54) is 10.9 Å². The Bertz CT molecular complexity index is 974. The van der Waals surface area contributed by atoms with E-state index in [1.807, 2.05) is 12.1 Å². The van der Waals surface area contributed by atoms with Crippen molar-refractivity contribution in [1.29, 1.82) is 5.26 Å². The van der Waals surface area contributed by atoms with Crippen LogP contribution < -0.4 is 5.73 Å². The molecule has 6 rings (SSSR count). The zero-order valence-electron chi connectivity index (χ0n) is 12.5. The van der Waals surface area contributed by atoms with E-state index in [9.17, 15) is 5.26 Å². The fourth-order valence-electron chi connectivity index (χ4n) is 4.41. The number of nitrogens with zero attached hydrogens (tertiary/aromatic N) is 4. The number of rotatable bonds is 2. The Labute approximate surface area is 133 Å². The monoisotopic (exact) mass is 301 g/mol. The molecule has 3 saturated carbocycles. The molecule has 2 bridgehead atoms. The summed E-state index contributed by atoms with van der Waals surface area (Å²) in [6.45, 7) is 0. The first-order chi connectivity index (χ1) is 11.1. The number of nitrogen functional groups attached to an aromatic ring is 1. The van der Waals surface area contributed by atoms with Crippen LogP contribution in [-0.4, -0.2) is 14.5 Å². The lowest BCUT2D eigenvalue weighted by molar-refractivity contribution is -0.143. The molecule has 5 nitrogen and oxygen atoms in total. The van der Waals surface area contributed by atoms with Gasteiger partial charge < -0.3 is 10.3 Å². The zero-order valence-corrected chi connectivity index (χ0v) is 12.5. The van der Waals surface area contributed by atoms with Gasteiger partial charge in [-0.2, -0.15) is 5.26 Å². The van der Waals surface area contributed by atoms with E-state index in [2.05, 4.69) is 45.0 Å². The van der Waals surface area contributed by atoms with Gasteiger partial charge in [0.25, 0.3) is 0 Å². The van der Waals surface area contributed by atoms with Crippen molar-refractivity contribution in [3.8, 4) is 17.3 Å². The van der Waals surface area contributed by atoms with E-state index in [1.54, 1.807) is 6.20 Å². The second kappa shape index (κ2) is 3.90.